The van der Waals surface area contributed by atoms with Crippen molar-refractivity contribution >= 4 is 22.6 Å². The summed E-state index contributed by atoms with van der Waals surface area (Å²) in [4.78, 5) is 4.21. The first kappa shape index (κ1) is 12.6. The molecule has 98 valence electrons. The number of hydrogen-bond donors (Lipinski definition) is 0. The number of nitrogens with zero attached hydrogens (tertiary/aromatic N) is 3. The van der Waals surface area contributed by atoms with Crippen LogP contribution in [0, 0.1) is 17.1 Å². The van der Waals surface area contributed by atoms with Crippen molar-refractivity contribution in [3.8, 4) is 17.2 Å². The first-order valence-electron chi connectivity index (χ1n) is 5.91. The summed E-state index contributed by atoms with van der Waals surface area (Å²) >= 11 is 6.13. The third kappa shape index (κ3) is 1.84. The summed E-state index contributed by atoms with van der Waals surface area (Å²) in [6, 6.07) is 9.82. The van der Waals surface area contributed by atoms with Crippen molar-refractivity contribution in [3.05, 3.63) is 53.1 Å². The molecule has 0 aliphatic carbocycles. The maximum Gasteiger partial charge on any atom is 0.123 e. The van der Waals surface area contributed by atoms with E-state index in [1.54, 1.807) is 23.0 Å². The number of rotatable bonds is 1. The van der Waals surface area contributed by atoms with Crippen molar-refractivity contribution in [1.82, 2.24) is 9.55 Å². The van der Waals surface area contributed by atoms with Crippen LogP contribution < -0.4 is 0 Å². The van der Waals surface area contributed by atoms with Gasteiger partial charge in [0.05, 0.1) is 22.9 Å². The molecular formula is C15H9ClFN3. The van der Waals surface area contributed by atoms with E-state index in [1.807, 2.05) is 7.05 Å². The molecule has 0 amide bonds. The van der Waals surface area contributed by atoms with Gasteiger partial charge < -0.3 is 4.57 Å². The second kappa shape index (κ2) is 4.62. The van der Waals surface area contributed by atoms with Crippen LogP contribution in [0.15, 0.2) is 36.7 Å². The Hall–Kier alpha value is -2.38. The van der Waals surface area contributed by atoms with E-state index in [9.17, 15) is 9.65 Å². The van der Waals surface area contributed by atoms with Crippen LogP contribution >= 0.6 is 11.6 Å². The van der Waals surface area contributed by atoms with Crippen LogP contribution in [0.2, 0.25) is 5.02 Å². The maximum atomic E-state index is 13.4. The molecule has 0 fully saturated rings. The fourth-order valence-electron chi connectivity index (χ4n) is 2.29. The summed E-state index contributed by atoms with van der Waals surface area (Å²) in [6.07, 6.45) is 1.64. The molecule has 0 spiro atoms. The third-order valence-corrected chi connectivity index (χ3v) is 3.54. The zero-order chi connectivity index (χ0) is 14.3. The molecule has 0 radical (unpaired) electrons. The molecule has 0 saturated carbocycles. The molecule has 0 N–H and O–H groups in total. The van der Waals surface area contributed by atoms with Crippen molar-refractivity contribution in [1.29, 1.82) is 5.26 Å². The van der Waals surface area contributed by atoms with E-state index in [0.29, 0.717) is 27.2 Å². The number of fused-ring (bicyclic) bond motifs is 1. The first-order valence-corrected chi connectivity index (χ1v) is 6.29. The Morgan fingerprint density at radius 1 is 1.25 bits per heavy atom. The normalized spacial score (nSPS) is 10.7. The Balaban J connectivity index is 2.40. The summed E-state index contributed by atoms with van der Waals surface area (Å²) in [7, 11) is 1.81. The molecule has 1 heterocycles. The Labute approximate surface area is 119 Å². The van der Waals surface area contributed by atoms with E-state index in [1.165, 1.54) is 18.2 Å². The lowest BCUT2D eigenvalue weighted by molar-refractivity contribution is 0.628. The summed E-state index contributed by atoms with van der Waals surface area (Å²) in [5, 5.41) is 9.86. The van der Waals surface area contributed by atoms with Crippen LogP contribution in [0.1, 0.15) is 5.56 Å². The number of nitriles is 1. The number of imidazole rings is 1. The molecule has 0 aliphatic rings. The van der Waals surface area contributed by atoms with Gasteiger partial charge in [0, 0.05) is 23.2 Å². The van der Waals surface area contributed by atoms with Crippen LogP contribution in [0.4, 0.5) is 4.39 Å². The Morgan fingerprint density at radius 2 is 2.05 bits per heavy atom. The minimum atomic E-state index is -0.390. The van der Waals surface area contributed by atoms with Gasteiger partial charge in [0.25, 0.3) is 0 Å². The summed E-state index contributed by atoms with van der Waals surface area (Å²) < 4.78 is 15.2. The highest BCUT2D eigenvalue weighted by molar-refractivity contribution is 6.33. The third-order valence-electron chi connectivity index (χ3n) is 3.21. The highest BCUT2D eigenvalue weighted by Gasteiger charge is 2.15. The molecule has 0 saturated heterocycles. The Morgan fingerprint density at radius 3 is 2.80 bits per heavy atom. The number of hydrogen-bond acceptors (Lipinski definition) is 2. The lowest BCUT2D eigenvalue weighted by Crippen LogP contribution is -1.93. The predicted molar refractivity (Wildman–Crippen MR) is 75.8 cm³/mol. The minimum absolute atomic E-state index is 0.390. The molecule has 0 unspecified atom stereocenters. The van der Waals surface area contributed by atoms with Crippen LogP contribution in [-0.2, 0) is 7.05 Å². The molecule has 1 aromatic heterocycles. The average molecular weight is 286 g/mol. The molecule has 0 bridgehead atoms. The SMILES string of the molecule is Cn1cnc2ccc(-c3cc(F)ccc3Cl)c(C#N)c21. The summed E-state index contributed by atoms with van der Waals surface area (Å²) in [5.41, 5.74) is 2.99. The van der Waals surface area contributed by atoms with E-state index in [-0.39, 0.29) is 0 Å². The number of aryl methyl sites for hydroxylation is 1. The highest BCUT2D eigenvalue weighted by Crippen LogP contribution is 2.34. The maximum absolute atomic E-state index is 13.4. The fourth-order valence-corrected chi connectivity index (χ4v) is 2.51. The van der Waals surface area contributed by atoms with Crippen molar-refractivity contribution in [3.63, 3.8) is 0 Å². The number of aromatic nitrogens is 2. The smallest absolute Gasteiger partial charge is 0.123 e. The fraction of sp³-hybridized carbons (Fsp3) is 0.0667. The molecule has 20 heavy (non-hydrogen) atoms. The largest absolute Gasteiger partial charge is 0.333 e. The van der Waals surface area contributed by atoms with E-state index in [4.69, 9.17) is 11.6 Å². The van der Waals surface area contributed by atoms with Crippen molar-refractivity contribution < 1.29 is 4.39 Å². The van der Waals surface area contributed by atoms with Crippen molar-refractivity contribution in [2.24, 2.45) is 7.05 Å². The molecule has 3 aromatic rings. The lowest BCUT2D eigenvalue weighted by atomic mass is 9.99. The van der Waals surface area contributed by atoms with Gasteiger partial charge in [-0.2, -0.15) is 5.26 Å². The van der Waals surface area contributed by atoms with E-state index in [0.717, 1.165) is 5.52 Å². The molecule has 0 aliphatic heterocycles. The molecule has 5 heteroatoms. The zero-order valence-corrected chi connectivity index (χ0v) is 11.3. The van der Waals surface area contributed by atoms with Gasteiger partial charge in [-0.15, -0.1) is 0 Å². The van der Waals surface area contributed by atoms with Gasteiger partial charge in [-0.25, -0.2) is 9.37 Å². The van der Waals surface area contributed by atoms with Gasteiger partial charge in [0.1, 0.15) is 11.9 Å². The topological polar surface area (TPSA) is 41.6 Å². The number of halogens is 2. The Kier molecular flexibility index (Phi) is 2.92. The summed E-state index contributed by atoms with van der Waals surface area (Å²) in [5.74, 6) is -0.390. The molecule has 3 rings (SSSR count). The second-order valence-corrected chi connectivity index (χ2v) is 4.85. The van der Waals surface area contributed by atoms with E-state index < -0.39 is 5.82 Å². The average Bonchev–Trinajstić information content (AvgIpc) is 2.82. The first-order chi connectivity index (χ1) is 9.61. The summed E-state index contributed by atoms with van der Waals surface area (Å²) in [6.45, 7) is 0. The monoisotopic (exact) mass is 285 g/mol. The Bertz CT molecular complexity index is 861. The van der Waals surface area contributed by atoms with Gasteiger partial charge in [-0.05, 0) is 24.3 Å². The van der Waals surface area contributed by atoms with Gasteiger partial charge in [-0.3, -0.25) is 0 Å². The van der Waals surface area contributed by atoms with E-state index in [2.05, 4.69) is 11.1 Å². The zero-order valence-electron chi connectivity index (χ0n) is 10.6. The quantitative estimate of drug-likeness (QED) is 0.680. The van der Waals surface area contributed by atoms with Crippen LogP contribution in [0.3, 0.4) is 0 Å². The standard InChI is InChI=1S/C15H9ClFN3/c1-20-8-19-14-5-3-10(12(7-18)15(14)20)11-6-9(17)2-4-13(11)16/h2-6,8H,1H3. The number of benzene rings is 2. The molecule has 2 aromatic carbocycles. The van der Waals surface area contributed by atoms with Crippen molar-refractivity contribution in [2.75, 3.05) is 0 Å². The van der Waals surface area contributed by atoms with Gasteiger partial charge in [-0.1, -0.05) is 17.7 Å². The van der Waals surface area contributed by atoms with Gasteiger partial charge >= 0.3 is 0 Å². The van der Waals surface area contributed by atoms with Crippen LogP contribution in [0.5, 0.6) is 0 Å². The lowest BCUT2D eigenvalue weighted by Gasteiger charge is -2.08. The molecule has 0 atom stereocenters. The predicted octanol–water partition coefficient (Wildman–Crippen LogP) is 3.90. The van der Waals surface area contributed by atoms with Crippen molar-refractivity contribution in [2.45, 2.75) is 0 Å². The van der Waals surface area contributed by atoms with Crippen LogP contribution in [0.25, 0.3) is 22.2 Å². The minimum Gasteiger partial charge on any atom is -0.333 e. The van der Waals surface area contributed by atoms with E-state index >= 15 is 0 Å². The van der Waals surface area contributed by atoms with Crippen LogP contribution in [-0.4, -0.2) is 9.55 Å². The molecule has 3 nitrogen and oxygen atoms in total. The second-order valence-electron chi connectivity index (χ2n) is 4.45. The van der Waals surface area contributed by atoms with Gasteiger partial charge in [0.2, 0.25) is 0 Å². The highest BCUT2D eigenvalue weighted by atomic mass is 35.5. The molecular weight excluding hydrogens is 277 g/mol. The van der Waals surface area contributed by atoms with Gasteiger partial charge in [0.15, 0.2) is 0 Å².